The van der Waals surface area contributed by atoms with Crippen LogP contribution < -0.4 is 0 Å². The summed E-state index contributed by atoms with van der Waals surface area (Å²) in [6.45, 7) is 1.40. The fraction of sp³-hybridized carbons (Fsp3) is 0.0556. The van der Waals surface area contributed by atoms with Crippen molar-refractivity contribution in [2.45, 2.75) is 6.92 Å². The first-order valence-corrected chi connectivity index (χ1v) is 7.40. The van der Waals surface area contributed by atoms with Crippen LogP contribution in [-0.2, 0) is 0 Å². The molecule has 1 aromatic heterocycles. The molecule has 0 unspecified atom stereocenters. The standard InChI is InChI=1S/C18H13ClN2O2/c1-12(22)17-16(18(23)13-6-3-2-4-7-13)11-21(20-17)15-9-5-8-14(19)10-15/h2-11H,1H3. The number of Topliss-reactive ketones (excluding diaryl/α,β-unsaturated/α-hetero) is 1. The molecule has 3 rings (SSSR count). The fourth-order valence-corrected chi connectivity index (χ4v) is 2.48. The largest absolute Gasteiger partial charge is 0.293 e. The Hall–Kier alpha value is -2.72. The second kappa shape index (κ2) is 6.18. The Morgan fingerprint density at radius 3 is 2.43 bits per heavy atom. The summed E-state index contributed by atoms with van der Waals surface area (Å²) in [6.07, 6.45) is 1.57. The maximum absolute atomic E-state index is 12.7. The van der Waals surface area contributed by atoms with Crippen molar-refractivity contribution < 1.29 is 9.59 Å². The maximum atomic E-state index is 12.7. The van der Waals surface area contributed by atoms with E-state index in [1.54, 1.807) is 54.7 Å². The van der Waals surface area contributed by atoms with E-state index < -0.39 is 0 Å². The lowest BCUT2D eigenvalue weighted by molar-refractivity contribution is 0.0987. The van der Waals surface area contributed by atoms with Crippen molar-refractivity contribution >= 4 is 23.2 Å². The van der Waals surface area contributed by atoms with Gasteiger partial charge in [-0.1, -0.05) is 48.0 Å². The number of carbonyl (C=O) groups is 2. The van der Waals surface area contributed by atoms with E-state index in [-0.39, 0.29) is 22.8 Å². The van der Waals surface area contributed by atoms with Gasteiger partial charge in [0.2, 0.25) is 0 Å². The number of benzene rings is 2. The summed E-state index contributed by atoms with van der Waals surface area (Å²) in [7, 11) is 0. The van der Waals surface area contributed by atoms with Gasteiger partial charge >= 0.3 is 0 Å². The molecule has 2 aromatic carbocycles. The Morgan fingerprint density at radius 1 is 1.04 bits per heavy atom. The van der Waals surface area contributed by atoms with Gasteiger partial charge in [-0.3, -0.25) is 9.59 Å². The molecule has 1 heterocycles. The van der Waals surface area contributed by atoms with Gasteiger partial charge in [0, 0.05) is 23.7 Å². The molecule has 3 aromatic rings. The fourth-order valence-electron chi connectivity index (χ4n) is 2.30. The maximum Gasteiger partial charge on any atom is 0.196 e. The first-order valence-electron chi connectivity index (χ1n) is 7.02. The van der Waals surface area contributed by atoms with Gasteiger partial charge in [0.15, 0.2) is 11.6 Å². The highest BCUT2D eigenvalue weighted by atomic mass is 35.5. The zero-order chi connectivity index (χ0) is 16.4. The molecule has 0 N–H and O–H groups in total. The van der Waals surface area contributed by atoms with Crippen LogP contribution in [0.4, 0.5) is 0 Å². The first-order chi connectivity index (χ1) is 11.1. The number of aromatic nitrogens is 2. The monoisotopic (exact) mass is 324 g/mol. The molecule has 0 saturated heterocycles. The topological polar surface area (TPSA) is 52.0 Å². The first kappa shape index (κ1) is 15.2. The molecule has 0 amide bonds. The van der Waals surface area contributed by atoms with Crippen LogP contribution in [0.5, 0.6) is 0 Å². The van der Waals surface area contributed by atoms with Gasteiger partial charge in [-0.15, -0.1) is 0 Å². The predicted octanol–water partition coefficient (Wildman–Crippen LogP) is 3.96. The van der Waals surface area contributed by atoms with Crippen LogP contribution in [0.15, 0.2) is 60.8 Å². The molecule has 0 radical (unpaired) electrons. The molecule has 5 heteroatoms. The molecule has 114 valence electrons. The number of rotatable bonds is 4. The Labute approximate surface area is 138 Å². The highest BCUT2D eigenvalue weighted by molar-refractivity contribution is 6.30. The summed E-state index contributed by atoms with van der Waals surface area (Å²) in [5.74, 6) is -0.492. The van der Waals surface area contributed by atoms with E-state index in [9.17, 15) is 9.59 Å². The lowest BCUT2D eigenvalue weighted by Gasteiger charge is -2.00. The third-order valence-electron chi connectivity index (χ3n) is 3.40. The van der Waals surface area contributed by atoms with Crippen molar-refractivity contribution in [3.8, 4) is 5.69 Å². The number of hydrogen-bond acceptors (Lipinski definition) is 3. The minimum atomic E-state index is -0.259. The lowest BCUT2D eigenvalue weighted by atomic mass is 10.0. The molecule has 4 nitrogen and oxygen atoms in total. The minimum absolute atomic E-state index is 0.152. The van der Waals surface area contributed by atoms with Crippen molar-refractivity contribution in [2.75, 3.05) is 0 Å². The minimum Gasteiger partial charge on any atom is -0.293 e. The molecular formula is C18H13ClN2O2. The van der Waals surface area contributed by atoms with E-state index in [4.69, 9.17) is 11.6 Å². The highest BCUT2D eigenvalue weighted by Gasteiger charge is 2.21. The van der Waals surface area contributed by atoms with E-state index in [1.165, 1.54) is 11.6 Å². The highest BCUT2D eigenvalue weighted by Crippen LogP contribution is 2.19. The molecule has 0 aliphatic heterocycles. The Bertz CT molecular complexity index is 885. The van der Waals surface area contributed by atoms with Gasteiger partial charge in [-0.05, 0) is 18.2 Å². The predicted molar refractivity (Wildman–Crippen MR) is 88.5 cm³/mol. The molecule has 23 heavy (non-hydrogen) atoms. The summed E-state index contributed by atoms with van der Waals surface area (Å²) in [6, 6.07) is 15.9. The van der Waals surface area contributed by atoms with E-state index in [1.807, 2.05) is 6.07 Å². The second-order valence-corrected chi connectivity index (χ2v) is 5.50. The van der Waals surface area contributed by atoms with Crippen molar-refractivity contribution in [2.24, 2.45) is 0 Å². The number of nitrogens with zero attached hydrogens (tertiary/aromatic N) is 2. The van der Waals surface area contributed by atoms with Crippen LogP contribution in [-0.4, -0.2) is 21.3 Å². The molecule has 0 bridgehead atoms. The zero-order valence-electron chi connectivity index (χ0n) is 12.4. The van der Waals surface area contributed by atoms with Crippen molar-refractivity contribution in [1.82, 2.24) is 9.78 Å². The van der Waals surface area contributed by atoms with Gasteiger partial charge in [-0.2, -0.15) is 5.10 Å². The van der Waals surface area contributed by atoms with Gasteiger partial charge < -0.3 is 0 Å². The molecule has 0 aliphatic carbocycles. The number of halogens is 1. The van der Waals surface area contributed by atoms with Crippen molar-refractivity contribution in [3.63, 3.8) is 0 Å². The van der Waals surface area contributed by atoms with Gasteiger partial charge in [0.05, 0.1) is 11.3 Å². The van der Waals surface area contributed by atoms with Crippen LogP contribution in [0.2, 0.25) is 5.02 Å². The molecule has 0 atom stereocenters. The summed E-state index contributed by atoms with van der Waals surface area (Å²) < 4.78 is 1.50. The summed E-state index contributed by atoms with van der Waals surface area (Å²) in [4.78, 5) is 24.5. The smallest absolute Gasteiger partial charge is 0.196 e. The third kappa shape index (κ3) is 3.07. The Morgan fingerprint density at radius 2 is 1.78 bits per heavy atom. The van der Waals surface area contributed by atoms with E-state index >= 15 is 0 Å². The Kier molecular flexibility index (Phi) is 4.08. The lowest BCUT2D eigenvalue weighted by Crippen LogP contribution is -2.06. The molecule has 0 aliphatic rings. The quantitative estimate of drug-likeness (QED) is 0.683. The Balaban J connectivity index is 2.10. The average Bonchev–Trinajstić information content (AvgIpc) is 3.00. The van der Waals surface area contributed by atoms with Gasteiger partial charge in [0.25, 0.3) is 0 Å². The van der Waals surface area contributed by atoms with E-state index in [0.717, 1.165) is 0 Å². The zero-order valence-corrected chi connectivity index (χ0v) is 13.1. The van der Waals surface area contributed by atoms with Crippen LogP contribution in [0.3, 0.4) is 0 Å². The summed E-state index contributed by atoms with van der Waals surface area (Å²) >= 11 is 5.99. The van der Waals surface area contributed by atoms with Crippen LogP contribution in [0, 0.1) is 0 Å². The number of ketones is 2. The third-order valence-corrected chi connectivity index (χ3v) is 3.64. The van der Waals surface area contributed by atoms with Gasteiger partial charge in [0.1, 0.15) is 5.69 Å². The van der Waals surface area contributed by atoms with E-state index in [2.05, 4.69) is 5.10 Å². The summed E-state index contributed by atoms with van der Waals surface area (Å²) in [5.41, 5.74) is 1.63. The second-order valence-electron chi connectivity index (χ2n) is 5.07. The molecule has 0 spiro atoms. The van der Waals surface area contributed by atoms with Gasteiger partial charge in [-0.25, -0.2) is 4.68 Å². The van der Waals surface area contributed by atoms with Crippen molar-refractivity contribution in [3.05, 3.63) is 82.6 Å². The average molecular weight is 325 g/mol. The molecular weight excluding hydrogens is 312 g/mol. The van der Waals surface area contributed by atoms with Crippen LogP contribution in [0.1, 0.15) is 33.3 Å². The molecule has 0 fully saturated rings. The summed E-state index contributed by atoms with van der Waals surface area (Å²) in [5, 5.41) is 4.81. The molecule has 0 saturated carbocycles. The number of carbonyl (C=O) groups excluding carboxylic acids is 2. The van der Waals surface area contributed by atoms with E-state index in [0.29, 0.717) is 16.3 Å². The normalized spacial score (nSPS) is 10.5. The number of hydrogen-bond donors (Lipinski definition) is 0. The van der Waals surface area contributed by atoms with Crippen LogP contribution >= 0.6 is 11.6 Å². The van der Waals surface area contributed by atoms with Crippen molar-refractivity contribution in [1.29, 1.82) is 0 Å². The SMILES string of the molecule is CC(=O)c1nn(-c2cccc(Cl)c2)cc1C(=O)c1ccccc1. The van der Waals surface area contributed by atoms with Crippen LogP contribution in [0.25, 0.3) is 5.69 Å².